The molecule has 12 heteroatoms. The fraction of sp³-hybridized carbons (Fsp3) is 0.375. The number of amides is 1. The molecule has 1 N–H and O–H groups in total. The number of hydrogen-bond acceptors (Lipinski definition) is 8. The molecule has 0 bridgehead atoms. The first-order valence-corrected chi connectivity index (χ1v) is 14.7. The molecule has 6 rings (SSSR count). The fourth-order valence-electron chi connectivity index (χ4n) is 5.77. The summed E-state index contributed by atoms with van der Waals surface area (Å²) in [5.41, 5.74) is -0.636. The lowest BCUT2D eigenvalue weighted by atomic mass is 9.95. The van der Waals surface area contributed by atoms with Gasteiger partial charge in [0.2, 0.25) is 5.75 Å². The number of rotatable bonds is 7. The standard InChI is InChI=1S/C32H33FN4O7/c1-18(2)36-17-21(31(39)37(32(36)40)20-7-5-4-6-8-20)30(38)35-19-9-10-24(22(33)15-19)44-25-11-12-34-23-16-26(41-3)28-29(27(23)25)43-14-13-42-28/h9-12,15-18,20H,4-8,13-14H2,1-3H3,(H,35,38). The third kappa shape index (κ3) is 5.36. The van der Waals surface area contributed by atoms with Crippen LogP contribution in [0.15, 0.2) is 52.3 Å². The summed E-state index contributed by atoms with van der Waals surface area (Å²) in [6, 6.07) is 6.69. The molecule has 230 valence electrons. The number of pyridine rings is 1. The summed E-state index contributed by atoms with van der Waals surface area (Å²) >= 11 is 0. The zero-order valence-electron chi connectivity index (χ0n) is 24.7. The highest BCUT2D eigenvalue weighted by Gasteiger charge is 2.26. The number of ether oxygens (including phenoxy) is 4. The Bertz CT molecular complexity index is 1860. The number of fused-ring (bicyclic) bond motifs is 3. The van der Waals surface area contributed by atoms with Crippen LogP contribution >= 0.6 is 0 Å². The molecule has 0 atom stereocenters. The molecule has 11 nitrogen and oxygen atoms in total. The molecule has 3 heterocycles. The van der Waals surface area contributed by atoms with Crippen molar-refractivity contribution in [3.8, 4) is 28.7 Å². The van der Waals surface area contributed by atoms with Gasteiger partial charge in [-0.1, -0.05) is 19.3 Å². The first-order valence-electron chi connectivity index (χ1n) is 14.7. The van der Waals surface area contributed by atoms with Crippen LogP contribution in [0.25, 0.3) is 10.9 Å². The van der Waals surface area contributed by atoms with Crippen molar-refractivity contribution in [1.29, 1.82) is 0 Å². The average Bonchev–Trinajstić information content (AvgIpc) is 3.02. The monoisotopic (exact) mass is 604 g/mol. The molecule has 0 unspecified atom stereocenters. The highest BCUT2D eigenvalue weighted by atomic mass is 19.1. The lowest BCUT2D eigenvalue weighted by Crippen LogP contribution is -2.45. The third-order valence-electron chi connectivity index (χ3n) is 7.96. The van der Waals surface area contributed by atoms with Gasteiger partial charge < -0.3 is 24.3 Å². The topological polar surface area (TPSA) is 123 Å². The summed E-state index contributed by atoms with van der Waals surface area (Å²) < 4.78 is 41.0. The van der Waals surface area contributed by atoms with Crippen molar-refractivity contribution in [2.45, 2.75) is 58.0 Å². The van der Waals surface area contributed by atoms with Crippen molar-refractivity contribution < 1.29 is 28.1 Å². The van der Waals surface area contributed by atoms with E-state index in [0.29, 0.717) is 54.2 Å². The third-order valence-corrected chi connectivity index (χ3v) is 7.96. The summed E-state index contributed by atoms with van der Waals surface area (Å²) in [5.74, 6) is -0.0518. The van der Waals surface area contributed by atoms with E-state index < -0.39 is 23.0 Å². The van der Waals surface area contributed by atoms with Crippen molar-refractivity contribution in [1.82, 2.24) is 14.1 Å². The average molecular weight is 605 g/mol. The number of anilines is 1. The molecule has 2 aromatic heterocycles. The maximum atomic E-state index is 15.4. The molecule has 0 spiro atoms. The van der Waals surface area contributed by atoms with Crippen molar-refractivity contribution in [3.05, 3.63) is 74.9 Å². The van der Waals surface area contributed by atoms with Gasteiger partial charge in [0, 0.05) is 42.3 Å². The van der Waals surface area contributed by atoms with Crippen molar-refractivity contribution >= 4 is 22.5 Å². The van der Waals surface area contributed by atoms with Crippen molar-refractivity contribution in [3.63, 3.8) is 0 Å². The van der Waals surface area contributed by atoms with Crippen LogP contribution in [0.5, 0.6) is 28.7 Å². The fourth-order valence-corrected chi connectivity index (χ4v) is 5.77. The van der Waals surface area contributed by atoms with Gasteiger partial charge in [0.25, 0.3) is 11.5 Å². The maximum Gasteiger partial charge on any atom is 0.331 e. The Hall–Kier alpha value is -4.87. The van der Waals surface area contributed by atoms with Gasteiger partial charge in [-0.3, -0.25) is 23.7 Å². The smallest absolute Gasteiger partial charge is 0.331 e. The SMILES string of the molecule is COc1cc2nccc(Oc3ccc(NC(=O)c4cn(C(C)C)c(=O)n(C5CCCCC5)c4=O)cc3F)c2c2c1OCCO2. The van der Waals surface area contributed by atoms with E-state index >= 15 is 4.39 Å². The van der Waals surface area contributed by atoms with Crippen LogP contribution in [-0.4, -0.2) is 40.3 Å². The van der Waals surface area contributed by atoms with Gasteiger partial charge in [0.05, 0.1) is 18.0 Å². The molecule has 1 fully saturated rings. The number of carbonyl (C=O) groups is 1. The Balaban J connectivity index is 1.29. The number of halogens is 1. The zero-order valence-corrected chi connectivity index (χ0v) is 24.7. The molecule has 1 aliphatic heterocycles. The Morgan fingerprint density at radius 3 is 2.48 bits per heavy atom. The van der Waals surface area contributed by atoms with Crippen LogP contribution in [-0.2, 0) is 0 Å². The molecular formula is C32H33FN4O7. The molecule has 2 aliphatic rings. The van der Waals surface area contributed by atoms with E-state index in [9.17, 15) is 14.4 Å². The number of hydrogen-bond donors (Lipinski definition) is 1. The Labute approximate surface area is 252 Å². The van der Waals surface area contributed by atoms with Crippen LogP contribution < -0.4 is 35.5 Å². The molecular weight excluding hydrogens is 571 g/mol. The number of carbonyl (C=O) groups excluding carboxylic acids is 1. The van der Waals surface area contributed by atoms with E-state index in [1.54, 1.807) is 12.1 Å². The van der Waals surface area contributed by atoms with Crippen LogP contribution in [0.3, 0.4) is 0 Å². The highest BCUT2D eigenvalue weighted by molar-refractivity contribution is 6.04. The first kappa shape index (κ1) is 29.2. The van der Waals surface area contributed by atoms with Crippen molar-refractivity contribution in [2.75, 3.05) is 25.6 Å². The van der Waals surface area contributed by atoms with Crippen LogP contribution in [0, 0.1) is 5.82 Å². The molecule has 0 saturated heterocycles. The lowest BCUT2D eigenvalue weighted by Gasteiger charge is -2.25. The normalized spacial score (nSPS) is 14.9. The number of benzene rings is 2. The zero-order chi connectivity index (χ0) is 31.0. The molecule has 1 aliphatic carbocycles. The summed E-state index contributed by atoms with van der Waals surface area (Å²) in [6.07, 6.45) is 7.08. The van der Waals surface area contributed by atoms with Crippen LogP contribution in [0.4, 0.5) is 10.1 Å². The number of methoxy groups -OCH3 is 1. The lowest BCUT2D eigenvalue weighted by molar-refractivity contribution is 0.102. The number of aromatic nitrogens is 3. The maximum absolute atomic E-state index is 15.4. The highest BCUT2D eigenvalue weighted by Crippen LogP contribution is 2.48. The minimum atomic E-state index is -0.751. The van der Waals surface area contributed by atoms with Gasteiger partial charge in [-0.05, 0) is 44.9 Å². The Morgan fingerprint density at radius 2 is 1.77 bits per heavy atom. The Kier molecular flexibility index (Phi) is 7.98. The molecule has 1 saturated carbocycles. The summed E-state index contributed by atoms with van der Waals surface area (Å²) in [7, 11) is 1.52. The minimum absolute atomic E-state index is 0.107. The van der Waals surface area contributed by atoms with Crippen LogP contribution in [0.1, 0.15) is 68.4 Å². The number of nitrogens with zero attached hydrogens (tertiary/aromatic N) is 3. The van der Waals surface area contributed by atoms with Gasteiger partial charge in [0.1, 0.15) is 24.5 Å². The van der Waals surface area contributed by atoms with Gasteiger partial charge in [0.15, 0.2) is 23.1 Å². The van der Waals surface area contributed by atoms with Gasteiger partial charge in [-0.15, -0.1) is 0 Å². The largest absolute Gasteiger partial charge is 0.493 e. The van der Waals surface area contributed by atoms with E-state index in [4.69, 9.17) is 18.9 Å². The van der Waals surface area contributed by atoms with Crippen LogP contribution in [0.2, 0.25) is 0 Å². The second-order valence-corrected chi connectivity index (χ2v) is 11.1. The Morgan fingerprint density at radius 1 is 1.02 bits per heavy atom. The minimum Gasteiger partial charge on any atom is -0.493 e. The predicted octanol–water partition coefficient (Wildman–Crippen LogP) is 5.61. The summed E-state index contributed by atoms with van der Waals surface area (Å²) in [5, 5.41) is 3.10. The van der Waals surface area contributed by atoms with E-state index in [1.807, 2.05) is 13.8 Å². The van der Waals surface area contributed by atoms with Gasteiger partial charge in [-0.25, -0.2) is 9.18 Å². The molecule has 1 amide bonds. The molecule has 0 radical (unpaired) electrons. The van der Waals surface area contributed by atoms with E-state index in [1.165, 1.54) is 40.8 Å². The quantitative estimate of drug-likeness (QED) is 0.289. The van der Waals surface area contributed by atoms with E-state index in [2.05, 4.69) is 10.3 Å². The van der Waals surface area contributed by atoms with E-state index in [0.717, 1.165) is 25.3 Å². The van der Waals surface area contributed by atoms with E-state index in [-0.39, 0.29) is 34.8 Å². The van der Waals surface area contributed by atoms with Gasteiger partial charge >= 0.3 is 5.69 Å². The molecule has 2 aromatic carbocycles. The number of nitrogens with one attached hydrogen (secondary N) is 1. The first-order chi connectivity index (χ1) is 21.3. The predicted molar refractivity (Wildman–Crippen MR) is 161 cm³/mol. The molecule has 4 aromatic rings. The summed E-state index contributed by atoms with van der Waals surface area (Å²) in [4.78, 5) is 44.3. The summed E-state index contributed by atoms with van der Waals surface area (Å²) in [6.45, 7) is 4.28. The second kappa shape index (κ2) is 12.0. The molecule has 44 heavy (non-hydrogen) atoms. The van der Waals surface area contributed by atoms with Gasteiger partial charge in [-0.2, -0.15) is 0 Å². The second-order valence-electron chi connectivity index (χ2n) is 11.1. The van der Waals surface area contributed by atoms with Crippen molar-refractivity contribution in [2.24, 2.45) is 0 Å².